The molecule has 2 N–H and O–H groups in total. The predicted molar refractivity (Wildman–Crippen MR) is 132 cm³/mol. The Hall–Kier alpha value is -3.79. The van der Waals surface area contributed by atoms with Crippen molar-refractivity contribution < 1.29 is 23.2 Å². The second-order valence-corrected chi connectivity index (χ2v) is 8.94. The molecule has 2 aromatic carbocycles. The number of anilines is 2. The minimum absolute atomic E-state index is 0.0308. The van der Waals surface area contributed by atoms with Gasteiger partial charge in [0.25, 0.3) is 5.91 Å². The van der Waals surface area contributed by atoms with E-state index in [1.54, 1.807) is 6.92 Å². The highest BCUT2D eigenvalue weighted by Gasteiger charge is 2.31. The quantitative estimate of drug-likeness (QED) is 0.505. The lowest BCUT2D eigenvalue weighted by atomic mass is 9.97. The monoisotopic (exact) mass is 515 g/mol. The summed E-state index contributed by atoms with van der Waals surface area (Å²) in [5.41, 5.74) is 1.95. The van der Waals surface area contributed by atoms with Crippen molar-refractivity contribution in [1.82, 2.24) is 14.9 Å². The van der Waals surface area contributed by atoms with Crippen molar-refractivity contribution in [2.24, 2.45) is 0 Å². The number of benzene rings is 2. The number of aromatic nitrogens is 2. The first kappa shape index (κ1) is 25.3. The van der Waals surface area contributed by atoms with E-state index >= 15 is 0 Å². The van der Waals surface area contributed by atoms with Crippen molar-refractivity contribution in [3.63, 3.8) is 0 Å². The maximum Gasteiger partial charge on any atom is 0.327 e. The summed E-state index contributed by atoms with van der Waals surface area (Å²) in [6, 6.07) is 7.52. The first-order valence-electron chi connectivity index (χ1n) is 11.2. The molecular formula is C25H24ClF2N5O3. The Bertz CT molecular complexity index is 1370. The van der Waals surface area contributed by atoms with Gasteiger partial charge < -0.3 is 9.88 Å². The van der Waals surface area contributed by atoms with Gasteiger partial charge in [-0.05, 0) is 60.9 Å². The van der Waals surface area contributed by atoms with Gasteiger partial charge in [-0.15, -0.1) is 0 Å². The van der Waals surface area contributed by atoms with Gasteiger partial charge in [0.2, 0.25) is 5.82 Å². The highest BCUT2D eigenvalue weighted by atomic mass is 35.5. The zero-order valence-corrected chi connectivity index (χ0v) is 20.6. The molecule has 3 aromatic rings. The molecule has 1 aromatic heterocycles. The van der Waals surface area contributed by atoms with E-state index in [9.17, 15) is 23.2 Å². The zero-order valence-electron chi connectivity index (χ0n) is 19.9. The first-order valence-corrected chi connectivity index (χ1v) is 11.6. The van der Waals surface area contributed by atoms with Crippen LogP contribution in [0.5, 0.6) is 0 Å². The fourth-order valence-corrected chi connectivity index (χ4v) is 4.69. The minimum Gasteiger partial charge on any atom is -0.352 e. The molecule has 0 spiro atoms. The third kappa shape index (κ3) is 4.81. The molecule has 1 aliphatic heterocycles. The van der Waals surface area contributed by atoms with Crippen molar-refractivity contribution in [3.8, 4) is 0 Å². The molecule has 4 rings (SSSR count). The molecule has 0 radical (unpaired) electrons. The summed E-state index contributed by atoms with van der Waals surface area (Å²) in [6.45, 7) is 3.19. The standard InChI is InChI=1S/C25H24ClF2N5O3/c1-13(34)12-33-21(14(2)18-11-17(28)4-6-19(18)26)22(30-23(33)24(35)29-3)31-25(36)32-9-8-15-10-16(27)5-7-20(15)32/h4-7,10-11,14H,8-9,12H2,1-3H3,(H,29,35)(H,31,36)/t14-/m1/s1. The molecule has 11 heteroatoms. The van der Waals surface area contributed by atoms with E-state index in [-0.39, 0.29) is 29.0 Å². The van der Waals surface area contributed by atoms with Crippen LogP contribution >= 0.6 is 11.6 Å². The number of amides is 3. The Morgan fingerprint density at radius 1 is 1.14 bits per heavy atom. The average Bonchev–Trinajstić information content (AvgIpc) is 3.40. The maximum atomic E-state index is 14.1. The molecule has 0 fully saturated rings. The molecule has 3 amide bonds. The number of Topliss-reactive ketones (excluding diaryl/α,β-unsaturated/α-hetero) is 1. The van der Waals surface area contributed by atoms with Gasteiger partial charge in [-0.2, -0.15) is 0 Å². The molecule has 8 nitrogen and oxygen atoms in total. The van der Waals surface area contributed by atoms with Crippen LogP contribution < -0.4 is 15.5 Å². The number of fused-ring (bicyclic) bond motifs is 1. The SMILES string of the molecule is CNC(=O)c1nc(NC(=O)N2CCc3cc(F)ccc32)c([C@H](C)c2cc(F)ccc2Cl)n1CC(C)=O. The lowest BCUT2D eigenvalue weighted by Gasteiger charge is -2.21. The van der Waals surface area contributed by atoms with Crippen molar-refractivity contribution in [2.45, 2.75) is 32.7 Å². The fraction of sp³-hybridized carbons (Fsp3) is 0.280. The lowest BCUT2D eigenvalue weighted by Crippen LogP contribution is -2.34. The summed E-state index contributed by atoms with van der Waals surface area (Å²) < 4.78 is 29.1. The number of ketones is 1. The van der Waals surface area contributed by atoms with Gasteiger partial charge in [0.15, 0.2) is 5.82 Å². The van der Waals surface area contributed by atoms with Crippen LogP contribution in [0.1, 0.15) is 47.2 Å². The molecule has 36 heavy (non-hydrogen) atoms. The molecule has 0 aliphatic carbocycles. The van der Waals surface area contributed by atoms with Gasteiger partial charge in [0.1, 0.15) is 17.4 Å². The van der Waals surface area contributed by atoms with Crippen LogP contribution in [0.3, 0.4) is 0 Å². The smallest absolute Gasteiger partial charge is 0.327 e. The summed E-state index contributed by atoms with van der Waals surface area (Å²) in [4.78, 5) is 43.9. The van der Waals surface area contributed by atoms with Crippen LogP contribution in [0, 0.1) is 11.6 Å². The molecule has 0 saturated carbocycles. The predicted octanol–water partition coefficient (Wildman–Crippen LogP) is 4.51. The number of carbonyl (C=O) groups excluding carboxylic acids is 3. The van der Waals surface area contributed by atoms with Gasteiger partial charge in [-0.1, -0.05) is 18.5 Å². The van der Waals surface area contributed by atoms with Crippen LogP contribution in [0.4, 0.5) is 25.1 Å². The number of nitrogens with one attached hydrogen (secondary N) is 2. The van der Waals surface area contributed by atoms with E-state index in [1.807, 2.05) is 0 Å². The van der Waals surface area contributed by atoms with Crippen LogP contribution in [-0.2, 0) is 17.8 Å². The number of nitrogens with zero attached hydrogens (tertiary/aromatic N) is 3. The Kier molecular flexibility index (Phi) is 7.07. The largest absolute Gasteiger partial charge is 0.352 e. The Balaban J connectivity index is 1.81. The summed E-state index contributed by atoms with van der Waals surface area (Å²) in [7, 11) is 1.42. The van der Waals surface area contributed by atoms with Gasteiger partial charge in [-0.3, -0.25) is 19.8 Å². The topological polar surface area (TPSA) is 96.3 Å². The van der Waals surface area contributed by atoms with Gasteiger partial charge in [-0.25, -0.2) is 18.6 Å². The zero-order chi connectivity index (χ0) is 26.1. The van der Waals surface area contributed by atoms with Gasteiger partial charge >= 0.3 is 6.03 Å². The second-order valence-electron chi connectivity index (χ2n) is 8.53. The van der Waals surface area contributed by atoms with Gasteiger partial charge in [0, 0.05) is 30.2 Å². The minimum atomic E-state index is -0.659. The number of carbonyl (C=O) groups is 3. The Labute approximate surface area is 211 Å². The normalized spacial score (nSPS) is 13.3. The Morgan fingerprint density at radius 3 is 2.53 bits per heavy atom. The van der Waals surface area contributed by atoms with E-state index in [0.29, 0.717) is 35.5 Å². The van der Waals surface area contributed by atoms with Crippen molar-refractivity contribution >= 4 is 40.8 Å². The molecule has 1 aliphatic rings. The average molecular weight is 516 g/mol. The van der Waals surface area contributed by atoms with E-state index in [1.165, 1.54) is 59.8 Å². The van der Waals surface area contributed by atoms with Crippen LogP contribution in [0.25, 0.3) is 0 Å². The van der Waals surface area contributed by atoms with Crippen molar-refractivity contribution in [2.75, 3.05) is 23.8 Å². The molecular weight excluding hydrogens is 492 g/mol. The van der Waals surface area contributed by atoms with E-state index in [2.05, 4.69) is 15.6 Å². The number of urea groups is 1. The first-order chi connectivity index (χ1) is 17.1. The molecule has 1 atom stereocenters. The number of imidazole rings is 1. The summed E-state index contributed by atoms with van der Waals surface area (Å²) >= 11 is 6.36. The maximum absolute atomic E-state index is 14.1. The molecule has 0 bridgehead atoms. The lowest BCUT2D eigenvalue weighted by molar-refractivity contribution is -0.117. The van der Waals surface area contributed by atoms with Gasteiger partial charge in [0.05, 0.1) is 12.2 Å². The van der Waals surface area contributed by atoms with E-state index in [4.69, 9.17) is 11.6 Å². The molecule has 188 valence electrons. The summed E-state index contributed by atoms with van der Waals surface area (Å²) in [5.74, 6) is -2.46. The highest BCUT2D eigenvalue weighted by Crippen LogP contribution is 2.36. The van der Waals surface area contributed by atoms with Crippen molar-refractivity contribution in [3.05, 3.63) is 75.7 Å². The highest BCUT2D eigenvalue weighted by molar-refractivity contribution is 6.31. The number of halogens is 3. The van der Waals surface area contributed by atoms with Crippen LogP contribution in [-0.4, -0.2) is 40.9 Å². The van der Waals surface area contributed by atoms with Crippen LogP contribution in [0.15, 0.2) is 36.4 Å². The van der Waals surface area contributed by atoms with Crippen LogP contribution in [0.2, 0.25) is 5.02 Å². The van der Waals surface area contributed by atoms with Crippen molar-refractivity contribution in [1.29, 1.82) is 0 Å². The third-order valence-electron chi connectivity index (χ3n) is 6.06. The fourth-order valence-electron chi connectivity index (χ4n) is 4.41. The number of hydrogen-bond acceptors (Lipinski definition) is 4. The third-order valence-corrected chi connectivity index (χ3v) is 6.40. The summed E-state index contributed by atoms with van der Waals surface area (Å²) in [6.07, 6.45) is 0.477. The number of hydrogen-bond donors (Lipinski definition) is 2. The molecule has 0 saturated heterocycles. The van der Waals surface area contributed by atoms with E-state index in [0.717, 1.165) is 0 Å². The summed E-state index contributed by atoms with van der Waals surface area (Å²) in [5, 5.41) is 5.49. The Morgan fingerprint density at radius 2 is 1.83 bits per heavy atom. The molecule has 0 unspecified atom stereocenters. The van der Waals surface area contributed by atoms with E-state index < -0.39 is 29.5 Å². The number of rotatable bonds is 6. The molecule has 2 heterocycles. The second kappa shape index (κ2) is 10.1.